The molecule has 132 valence electrons. The van der Waals surface area contributed by atoms with Gasteiger partial charge >= 0.3 is 0 Å². The van der Waals surface area contributed by atoms with E-state index in [0.29, 0.717) is 6.61 Å². The SMILES string of the molecule is Cn1nnc2c1CCN(C(=O)C1CC1)[C@H]2COCCN1CCCC1. The fourth-order valence-corrected chi connectivity index (χ4v) is 3.86. The molecule has 0 bridgehead atoms. The minimum atomic E-state index is -0.0749. The molecule has 0 radical (unpaired) electrons. The average Bonchev–Trinajstić information content (AvgIpc) is 3.19. The number of rotatable bonds is 6. The summed E-state index contributed by atoms with van der Waals surface area (Å²) in [6.45, 7) is 5.36. The molecule has 0 aromatic carbocycles. The largest absolute Gasteiger partial charge is 0.378 e. The lowest BCUT2D eigenvalue weighted by molar-refractivity contribution is -0.137. The number of fused-ring (bicyclic) bond motifs is 1. The zero-order chi connectivity index (χ0) is 16.5. The maximum absolute atomic E-state index is 12.6. The number of aryl methyl sites for hydroxylation is 1. The number of hydrogen-bond donors (Lipinski definition) is 0. The smallest absolute Gasteiger partial charge is 0.226 e. The molecule has 2 fully saturated rings. The summed E-state index contributed by atoms with van der Waals surface area (Å²) in [6, 6.07) is -0.0749. The van der Waals surface area contributed by atoms with Gasteiger partial charge in [0, 0.05) is 32.5 Å². The van der Waals surface area contributed by atoms with Gasteiger partial charge in [0.25, 0.3) is 0 Å². The van der Waals surface area contributed by atoms with E-state index in [1.807, 2.05) is 16.6 Å². The van der Waals surface area contributed by atoms with Gasteiger partial charge < -0.3 is 14.5 Å². The number of nitrogens with zero attached hydrogens (tertiary/aromatic N) is 5. The molecule has 3 heterocycles. The van der Waals surface area contributed by atoms with Gasteiger partial charge in [0.05, 0.1) is 18.9 Å². The van der Waals surface area contributed by atoms with Crippen LogP contribution in [-0.2, 0) is 23.0 Å². The highest BCUT2D eigenvalue weighted by atomic mass is 16.5. The fraction of sp³-hybridized carbons (Fsp3) is 0.824. The van der Waals surface area contributed by atoms with Gasteiger partial charge in [-0.1, -0.05) is 5.21 Å². The van der Waals surface area contributed by atoms with E-state index >= 15 is 0 Å². The third-order valence-corrected chi connectivity index (χ3v) is 5.49. The lowest BCUT2D eigenvalue weighted by atomic mass is 10.0. The highest BCUT2D eigenvalue weighted by Gasteiger charge is 2.40. The van der Waals surface area contributed by atoms with E-state index < -0.39 is 0 Å². The lowest BCUT2D eigenvalue weighted by Crippen LogP contribution is -2.43. The van der Waals surface area contributed by atoms with E-state index in [4.69, 9.17) is 4.74 Å². The highest BCUT2D eigenvalue weighted by Crippen LogP contribution is 2.36. The molecule has 0 unspecified atom stereocenters. The number of carbonyl (C=O) groups is 1. The topological polar surface area (TPSA) is 63.5 Å². The van der Waals surface area contributed by atoms with Crippen LogP contribution >= 0.6 is 0 Å². The Kier molecular flexibility index (Phi) is 4.54. The van der Waals surface area contributed by atoms with Crippen molar-refractivity contribution in [3.8, 4) is 0 Å². The number of aromatic nitrogens is 3. The summed E-state index contributed by atoms with van der Waals surface area (Å²) in [4.78, 5) is 17.1. The van der Waals surface area contributed by atoms with Gasteiger partial charge in [-0.15, -0.1) is 5.10 Å². The van der Waals surface area contributed by atoms with Gasteiger partial charge in [-0.2, -0.15) is 0 Å². The molecule has 1 atom stereocenters. The third kappa shape index (κ3) is 3.19. The lowest BCUT2D eigenvalue weighted by Gasteiger charge is -2.35. The van der Waals surface area contributed by atoms with Crippen LogP contribution in [-0.4, -0.2) is 70.1 Å². The van der Waals surface area contributed by atoms with Crippen LogP contribution in [0.2, 0.25) is 0 Å². The molecule has 2 aliphatic heterocycles. The maximum Gasteiger partial charge on any atom is 0.226 e. The van der Waals surface area contributed by atoms with Crippen LogP contribution in [0.15, 0.2) is 0 Å². The second-order valence-electron chi connectivity index (χ2n) is 7.24. The number of amides is 1. The zero-order valence-corrected chi connectivity index (χ0v) is 14.5. The summed E-state index contributed by atoms with van der Waals surface area (Å²) in [6.07, 6.45) is 5.50. The molecule has 1 aromatic heterocycles. The third-order valence-electron chi connectivity index (χ3n) is 5.49. The molecule has 24 heavy (non-hydrogen) atoms. The van der Waals surface area contributed by atoms with Crippen molar-refractivity contribution in [2.75, 3.05) is 39.4 Å². The van der Waals surface area contributed by atoms with Gasteiger partial charge in [-0.25, -0.2) is 0 Å². The van der Waals surface area contributed by atoms with Crippen molar-refractivity contribution in [1.29, 1.82) is 0 Å². The van der Waals surface area contributed by atoms with Gasteiger partial charge in [-0.05, 0) is 38.8 Å². The molecular formula is C17H27N5O2. The van der Waals surface area contributed by atoms with Crippen molar-refractivity contribution >= 4 is 5.91 Å². The Morgan fingerprint density at radius 2 is 2.04 bits per heavy atom. The predicted molar refractivity (Wildman–Crippen MR) is 88.4 cm³/mol. The van der Waals surface area contributed by atoms with E-state index in [0.717, 1.165) is 50.3 Å². The first-order valence-electron chi connectivity index (χ1n) is 9.23. The Bertz CT molecular complexity index is 592. The van der Waals surface area contributed by atoms with Crippen molar-refractivity contribution in [2.24, 2.45) is 13.0 Å². The van der Waals surface area contributed by atoms with E-state index in [9.17, 15) is 4.79 Å². The monoisotopic (exact) mass is 333 g/mol. The van der Waals surface area contributed by atoms with Crippen LogP contribution in [0.4, 0.5) is 0 Å². The number of hydrogen-bond acceptors (Lipinski definition) is 5. The fourth-order valence-electron chi connectivity index (χ4n) is 3.86. The highest BCUT2D eigenvalue weighted by molar-refractivity contribution is 5.81. The van der Waals surface area contributed by atoms with Crippen molar-refractivity contribution in [3.05, 3.63) is 11.4 Å². The molecule has 3 aliphatic rings. The first kappa shape index (κ1) is 16.0. The molecule has 1 aliphatic carbocycles. The van der Waals surface area contributed by atoms with Crippen molar-refractivity contribution in [3.63, 3.8) is 0 Å². The van der Waals surface area contributed by atoms with Gasteiger partial charge in [0.15, 0.2) is 0 Å². The summed E-state index contributed by atoms with van der Waals surface area (Å²) in [5, 5.41) is 8.49. The quantitative estimate of drug-likeness (QED) is 0.720. The second-order valence-corrected chi connectivity index (χ2v) is 7.24. The van der Waals surface area contributed by atoms with Gasteiger partial charge in [0.1, 0.15) is 11.7 Å². The van der Waals surface area contributed by atoms with E-state index in [1.54, 1.807) is 0 Å². The Labute approximate surface area is 142 Å². The molecule has 1 saturated carbocycles. The van der Waals surface area contributed by atoms with Crippen LogP contribution in [0, 0.1) is 5.92 Å². The Morgan fingerprint density at radius 3 is 2.79 bits per heavy atom. The summed E-state index contributed by atoms with van der Waals surface area (Å²) >= 11 is 0. The van der Waals surface area contributed by atoms with Crippen molar-refractivity contribution < 1.29 is 9.53 Å². The van der Waals surface area contributed by atoms with Crippen LogP contribution < -0.4 is 0 Å². The first-order chi connectivity index (χ1) is 11.7. The van der Waals surface area contributed by atoms with Crippen molar-refractivity contribution in [1.82, 2.24) is 24.8 Å². The summed E-state index contributed by atoms with van der Waals surface area (Å²) in [7, 11) is 1.93. The average molecular weight is 333 g/mol. The summed E-state index contributed by atoms with van der Waals surface area (Å²) in [5.41, 5.74) is 2.07. The Morgan fingerprint density at radius 1 is 1.25 bits per heavy atom. The van der Waals surface area contributed by atoms with E-state index in [2.05, 4.69) is 15.2 Å². The molecule has 1 aromatic rings. The standard InChI is InChI=1S/C17H27N5O2/c1-20-14-6-9-22(17(23)13-4-5-13)15(16(14)18-19-20)12-24-11-10-21-7-2-3-8-21/h13,15H,2-12H2,1H3/t15-/m0/s1. The number of likely N-dealkylation sites (tertiary alicyclic amines) is 1. The van der Waals surface area contributed by atoms with Gasteiger partial charge in [-0.3, -0.25) is 9.48 Å². The molecule has 1 amide bonds. The van der Waals surface area contributed by atoms with Crippen molar-refractivity contribution in [2.45, 2.75) is 38.1 Å². The molecule has 0 N–H and O–H groups in total. The van der Waals surface area contributed by atoms with E-state index in [-0.39, 0.29) is 17.9 Å². The maximum atomic E-state index is 12.6. The van der Waals surface area contributed by atoms with Crippen LogP contribution in [0.1, 0.15) is 43.1 Å². The van der Waals surface area contributed by atoms with Crippen LogP contribution in [0.3, 0.4) is 0 Å². The summed E-state index contributed by atoms with van der Waals surface area (Å²) < 4.78 is 7.81. The number of ether oxygens (including phenoxy) is 1. The predicted octanol–water partition coefficient (Wildman–Crippen LogP) is 0.763. The second kappa shape index (κ2) is 6.80. The Hall–Kier alpha value is -1.47. The molecule has 1 saturated heterocycles. The zero-order valence-electron chi connectivity index (χ0n) is 14.5. The minimum Gasteiger partial charge on any atom is -0.378 e. The molecule has 7 heteroatoms. The molecule has 0 spiro atoms. The molecule has 4 rings (SSSR count). The minimum absolute atomic E-state index is 0.0749. The van der Waals surface area contributed by atoms with Gasteiger partial charge in [0.2, 0.25) is 5.91 Å². The molecule has 7 nitrogen and oxygen atoms in total. The Balaban J connectivity index is 1.40. The van der Waals surface area contributed by atoms with E-state index in [1.165, 1.54) is 25.9 Å². The number of carbonyl (C=O) groups excluding carboxylic acids is 1. The summed E-state index contributed by atoms with van der Waals surface area (Å²) in [5.74, 6) is 0.509. The normalized spacial score (nSPS) is 24.4. The van der Waals surface area contributed by atoms with Crippen LogP contribution in [0.25, 0.3) is 0 Å². The van der Waals surface area contributed by atoms with Crippen LogP contribution in [0.5, 0.6) is 0 Å². The molecular weight excluding hydrogens is 306 g/mol. The first-order valence-corrected chi connectivity index (χ1v) is 9.23.